The topological polar surface area (TPSA) is 23.8 Å². The summed E-state index contributed by atoms with van der Waals surface area (Å²) in [5.41, 5.74) is 0.792. The lowest BCUT2D eigenvalue weighted by Gasteiger charge is -2.05. The summed E-state index contributed by atoms with van der Waals surface area (Å²) in [6.45, 7) is 2.04. The number of benzene rings is 1. The molecule has 0 saturated carbocycles. The molecule has 0 atom stereocenters. The van der Waals surface area contributed by atoms with Crippen LogP contribution in [0.15, 0.2) is 12.1 Å². The van der Waals surface area contributed by atoms with E-state index in [0.717, 1.165) is 12.8 Å². The molecule has 0 fully saturated rings. The normalized spacial score (nSPS) is 9.86. The Bertz CT molecular complexity index is 345. The molecule has 0 saturated heterocycles. The van der Waals surface area contributed by atoms with Crippen molar-refractivity contribution < 1.29 is 4.39 Å². The van der Waals surface area contributed by atoms with Crippen LogP contribution in [-0.2, 0) is 6.42 Å². The van der Waals surface area contributed by atoms with Gasteiger partial charge >= 0.3 is 0 Å². The van der Waals surface area contributed by atoms with Crippen molar-refractivity contribution >= 4 is 11.6 Å². The fraction of sp³-hybridized carbons (Fsp3) is 0.364. The maximum atomic E-state index is 13.4. The lowest BCUT2D eigenvalue weighted by Crippen LogP contribution is -1.93. The first-order valence-corrected chi connectivity index (χ1v) is 4.94. The van der Waals surface area contributed by atoms with Gasteiger partial charge in [0.15, 0.2) is 0 Å². The maximum absolute atomic E-state index is 13.4. The van der Waals surface area contributed by atoms with Crippen LogP contribution >= 0.6 is 11.6 Å². The Kier molecular flexibility index (Phi) is 3.91. The molecule has 1 aromatic rings. The van der Waals surface area contributed by atoms with Crippen molar-refractivity contribution in [1.29, 1.82) is 5.26 Å². The van der Waals surface area contributed by atoms with E-state index in [9.17, 15) is 4.39 Å². The summed E-state index contributed by atoms with van der Waals surface area (Å²) in [6, 6.07) is 4.61. The Morgan fingerprint density at radius 1 is 1.50 bits per heavy atom. The Labute approximate surface area is 88.1 Å². The van der Waals surface area contributed by atoms with Crippen LogP contribution in [0.4, 0.5) is 4.39 Å². The van der Waals surface area contributed by atoms with Crippen molar-refractivity contribution in [2.45, 2.75) is 26.2 Å². The minimum absolute atomic E-state index is 0.271. The molecule has 0 aliphatic carbocycles. The van der Waals surface area contributed by atoms with Gasteiger partial charge in [0.1, 0.15) is 5.82 Å². The van der Waals surface area contributed by atoms with E-state index >= 15 is 0 Å². The molecular weight excluding hydrogens is 201 g/mol. The van der Waals surface area contributed by atoms with Crippen molar-refractivity contribution in [2.75, 3.05) is 0 Å². The average molecular weight is 212 g/mol. The van der Waals surface area contributed by atoms with Crippen molar-refractivity contribution in [2.24, 2.45) is 0 Å². The highest BCUT2D eigenvalue weighted by Gasteiger charge is 2.08. The van der Waals surface area contributed by atoms with Crippen LogP contribution in [0.25, 0.3) is 0 Å². The zero-order valence-electron chi connectivity index (χ0n) is 7.98. The molecule has 0 bridgehead atoms. The standard InChI is InChI=1S/C11H11ClFN/c1-2-3-4-9-10(12)5-8(7-14)6-11(9)13/h5-6H,2-4H2,1H3. The molecule has 0 aliphatic rings. The highest BCUT2D eigenvalue weighted by molar-refractivity contribution is 6.31. The monoisotopic (exact) mass is 211 g/mol. The van der Waals surface area contributed by atoms with E-state index in [-0.39, 0.29) is 11.4 Å². The van der Waals surface area contributed by atoms with Crippen LogP contribution in [-0.4, -0.2) is 0 Å². The van der Waals surface area contributed by atoms with Crippen LogP contribution in [0, 0.1) is 17.1 Å². The number of hydrogen-bond donors (Lipinski definition) is 0. The van der Waals surface area contributed by atoms with E-state index in [4.69, 9.17) is 16.9 Å². The van der Waals surface area contributed by atoms with Crippen LogP contribution < -0.4 is 0 Å². The van der Waals surface area contributed by atoms with Gasteiger partial charge in [-0.3, -0.25) is 0 Å². The molecule has 0 aliphatic heterocycles. The van der Waals surface area contributed by atoms with Gasteiger partial charge in [-0.2, -0.15) is 5.26 Å². The number of nitrogens with zero attached hydrogens (tertiary/aromatic N) is 1. The van der Waals surface area contributed by atoms with Crippen LogP contribution in [0.3, 0.4) is 0 Å². The second-order valence-corrected chi connectivity index (χ2v) is 3.54. The van der Waals surface area contributed by atoms with Gasteiger partial charge < -0.3 is 0 Å². The first-order chi connectivity index (χ1) is 6.69. The van der Waals surface area contributed by atoms with Gasteiger partial charge in [-0.1, -0.05) is 24.9 Å². The molecule has 0 unspecified atom stereocenters. The third kappa shape index (κ3) is 2.46. The molecule has 0 aromatic heterocycles. The van der Waals surface area contributed by atoms with Crippen LogP contribution in [0.2, 0.25) is 5.02 Å². The van der Waals surface area contributed by atoms with Crippen LogP contribution in [0.5, 0.6) is 0 Å². The largest absolute Gasteiger partial charge is 0.207 e. The van der Waals surface area contributed by atoms with Gasteiger partial charge in [0.05, 0.1) is 11.6 Å². The summed E-state index contributed by atoms with van der Waals surface area (Å²) in [5.74, 6) is -0.373. The van der Waals surface area contributed by atoms with Gasteiger partial charge in [0.2, 0.25) is 0 Å². The van der Waals surface area contributed by atoms with Crippen molar-refractivity contribution in [3.63, 3.8) is 0 Å². The van der Waals surface area contributed by atoms with Gasteiger partial charge in [-0.15, -0.1) is 0 Å². The molecule has 0 spiro atoms. The van der Waals surface area contributed by atoms with E-state index in [2.05, 4.69) is 0 Å². The lowest BCUT2D eigenvalue weighted by atomic mass is 10.1. The van der Waals surface area contributed by atoms with E-state index in [1.165, 1.54) is 12.1 Å². The molecule has 0 N–H and O–H groups in total. The maximum Gasteiger partial charge on any atom is 0.129 e. The average Bonchev–Trinajstić information content (AvgIpc) is 2.16. The van der Waals surface area contributed by atoms with E-state index < -0.39 is 0 Å². The van der Waals surface area contributed by atoms with Gasteiger partial charge in [-0.25, -0.2) is 4.39 Å². The Morgan fingerprint density at radius 2 is 2.21 bits per heavy atom. The van der Waals surface area contributed by atoms with Crippen molar-refractivity contribution in [1.82, 2.24) is 0 Å². The Balaban J connectivity index is 3.01. The molecule has 1 nitrogen and oxygen atoms in total. The zero-order chi connectivity index (χ0) is 10.6. The minimum Gasteiger partial charge on any atom is -0.207 e. The van der Waals surface area contributed by atoms with E-state index in [0.29, 0.717) is 17.0 Å². The fourth-order valence-corrected chi connectivity index (χ4v) is 1.56. The highest BCUT2D eigenvalue weighted by Crippen LogP contribution is 2.23. The number of halogens is 2. The predicted molar refractivity (Wildman–Crippen MR) is 54.7 cm³/mol. The molecule has 74 valence electrons. The van der Waals surface area contributed by atoms with Crippen LogP contribution in [0.1, 0.15) is 30.9 Å². The van der Waals surface area contributed by atoms with E-state index in [1.54, 1.807) is 0 Å². The molecule has 1 rings (SSSR count). The summed E-state index contributed by atoms with van der Waals surface area (Å²) in [4.78, 5) is 0. The number of nitriles is 1. The zero-order valence-corrected chi connectivity index (χ0v) is 8.74. The summed E-state index contributed by atoms with van der Waals surface area (Å²) < 4.78 is 13.4. The lowest BCUT2D eigenvalue weighted by molar-refractivity contribution is 0.603. The second-order valence-electron chi connectivity index (χ2n) is 3.13. The summed E-state index contributed by atoms with van der Waals surface area (Å²) >= 11 is 5.86. The van der Waals surface area contributed by atoms with Gasteiger partial charge in [0.25, 0.3) is 0 Å². The van der Waals surface area contributed by atoms with E-state index in [1.807, 2.05) is 13.0 Å². The molecular formula is C11H11ClFN. The van der Waals surface area contributed by atoms with Crippen molar-refractivity contribution in [3.05, 3.63) is 34.1 Å². The molecule has 1 aromatic carbocycles. The quantitative estimate of drug-likeness (QED) is 0.748. The summed E-state index contributed by atoms with van der Waals surface area (Å²) in [7, 11) is 0. The second kappa shape index (κ2) is 4.97. The SMILES string of the molecule is CCCCc1c(F)cc(C#N)cc1Cl. The minimum atomic E-state index is -0.373. The van der Waals surface area contributed by atoms with Gasteiger partial charge in [0, 0.05) is 10.6 Å². The van der Waals surface area contributed by atoms with Gasteiger partial charge in [-0.05, 0) is 25.0 Å². The summed E-state index contributed by atoms with van der Waals surface area (Å²) in [6.07, 6.45) is 2.53. The Morgan fingerprint density at radius 3 is 2.71 bits per heavy atom. The van der Waals surface area contributed by atoms with Crippen molar-refractivity contribution in [3.8, 4) is 6.07 Å². The first-order valence-electron chi connectivity index (χ1n) is 4.57. The molecule has 3 heteroatoms. The third-order valence-corrected chi connectivity index (χ3v) is 2.39. The number of unbranched alkanes of at least 4 members (excludes halogenated alkanes) is 1. The fourth-order valence-electron chi connectivity index (χ4n) is 1.26. The Hall–Kier alpha value is -1.07. The highest BCUT2D eigenvalue weighted by atomic mass is 35.5. The summed E-state index contributed by atoms with van der Waals surface area (Å²) in [5, 5.41) is 8.93. The molecule has 0 heterocycles. The predicted octanol–water partition coefficient (Wildman–Crippen LogP) is 3.69. The third-order valence-electron chi connectivity index (χ3n) is 2.05. The first kappa shape index (κ1) is 11.0. The molecule has 0 radical (unpaired) electrons. The molecule has 14 heavy (non-hydrogen) atoms. The smallest absolute Gasteiger partial charge is 0.129 e. The number of hydrogen-bond acceptors (Lipinski definition) is 1. The molecule has 0 amide bonds. The number of rotatable bonds is 3.